The molecular formula is C22H21ClN2O2. The van der Waals surface area contributed by atoms with Crippen LogP contribution in [0.5, 0.6) is 5.75 Å². The molecule has 138 valence electrons. The summed E-state index contributed by atoms with van der Waals surface area (Å²) in [5.74, 6) is 0.297. The van der Waals surface area contributed by atoms with Crippen LogP contribution in [0.1, 0.15) is 36.8 Å². The SMILES string of the molecule is N#CC(=Cc1ccccc1OCc1ccc(Cl)cc1)C(=O)NC1CCCC1. The number of hydrogen-bond donors (Lipinski definition) is 1. The van der Waals surface area contributed by atoms with Gasteiger partial charge in [0.05, 0.1) is 0 Å². The van der Waals surface area contributed by atoms with E-state index in [2.05, 4.69) is 5.32 Å². The summed E-state index contributed by atoms with van der Waals surface area (Å²) in [6.07, 6.45) is 5.79. The number of amides is 1. The lowest BCUT2D eigenvalue weighted by Gasteiger charge is -2.12. The lowest BCUT2D eigenvalue weighted by Crippen LogP contribution is -2.33. The van der Waals surface area contributed by atoms with Crippen molar-refractivity contribution in [3.63, 3.8) is 0 Å². The molecule has 0 radical (unpaired) electrons. The smallest absolute Gasteiger partial charge is 0.262 e. The van der Waals surface area contributed by atoms with E-state index in [9.17, 15) is 10.1 Å². The maximum absolute atomic E-state index is 12.4. The molecule has 0 spiro atoms. The summed E-state index contributed by atoms with van der Waals surface area (Å²) in [5.41, 5.74) is 1.77. The molecular weight excluding hydrogens is 360 g/mol. The molecule has 0 atom stereocenters. The number of nitrogens with one attached hydrogen (secondary N) is 1. The van der Waals surface area contributed by atoms with Gasteiger partial charge in [0.2, 0.25) is 0 Å². The minimum Gasteiger partial charge on any atom is -0.488 e. The Kier molecular flexibility index (Phi) is 6.51. The van der Waals surface area contributed by atoms with E-state index in [1.54, 1.807) is 6.08 Å². The lowest BCUT2D eigenvalue weighted by molar-refractivity contribution is -0.117. The molecule has 3 rings (SSSR count). The Morgan fingerprint density at radius 2 is 1.89 bits per heavy atom. The van der Waals surface area contributed by atoms with E-state index in [1.165, 1.54) is 0 Å². The number of carbonyl (C=O) groups is 1. The molecule has 27 heavy (non-hydrogen) atoms. The van der Waals surface area contributed by atoms with E-state index in [0.717, 1.165) is 31.2 Å². The van der Waals surface area contributed by atoms with Gasteiger partial charge in [-0.25, -0.2) is 0 Å². The molecule has 1 aliphatic rings. The molecule has 0 aromatic heterocycles. The summed E-state index contributed by atoms with van der Waals surface area (Å²) in [4.78, 5) is 12.4. The van der Waals surface area contributed by atoms with Gasteiger partial charge < -0.3 is 10.1 Å². The molecule has 0 heterocycles. The van der Waals surface area contributed by atoms with E-state index in [-0.39, 0.29) is 17.5 Å². The predicted octanol–water partition coefficient (Wildman–Crippen LogP) is 4.88. The maximum Gasteiger partial charge on any atom is 0.262 e. The summed E-state index contributed by atoms with van der Waals surface area (Å²) in [6, 6.07) is 17.0. The summed E-state index contributed by atoms with van der Waals surface area (Å²) in [7, 11) is 0. The summed E-state index contributed by atoms with van der Waals surface area (Å²) >= 11 is 5.90. The van der Waals surface area contributed by atoms with Gasteiger partial charge in [-0.1, -0.05) is 54.8 Å². The van der Waals surface area contributed by atoms with Crippen molar-refractivity contribution >= 4 is 23.6 Å². The number of hydrogen-bond acceptors (Lipinski definition) is 3. The van der Waals surface area contributed by atoms with Gasteiger partial charge in [-0.05, 0) is 42.7 Å². The van der Waals surface area contributed by atoms with E-state index >= 15 is 0 Å². The van der Waals surface area contributed by atoms with E-state index in [1.807, 2.05) is 54.6 Å². The fourth-order valence-electron chi connectivity index (χ4n) is 3.11. The van der Waals surface area contributed by atoms with Crippen LogP contribution in [0.2, 0.25) is 5.02 Å². The minimum atomic E-state index is -0.322. The number of halogens is 1. The van der Waals surface area contributed by atoms with Crippen LogP contribution in [0.3, 0.4) is 0 Å². The van der Waals surface area contributed by atoms with E-state index in [4.69, 9.17) is 16.3 Å². The highest BCUT2D eigenvalue weighted by molar-refractivity contribution is 6.30. The molecule has 4 nitrogen and oxygen atoms in total. The topological polar surface area (TPSA) is 62.1 Å². The van der Waals surface area contributed by atoms with Gasteiger partial charge in [-0.15, -0.1) is 0 Å². The molecule has 1 N–H and O–H groups in total. The Morgan fingerprint density at radius 1 is 1.19 bits per heavy atom. The highest BCUT2D eigenvalue weighted by atomic mass is 35.5. The van der Waals surface area contributed by atoms with Crippen LogP contribution in [0.15, 0.2) is 54.1 Å². The van der Waals surface area contributed by atoms with Gasteiger partial charge in [0.25, 0.3) is 5.91 Å². The third-order valence-corrected chi connectivity index (χ3v) is 4.83. The lowest BCUT2D eigenvalue weighted by atomic mass is 10.1. The van der Waals surface area contributed by atoms with Crippen LogP contribution >= 0.6 is 11.6 Å². The molecule has 1 amide bonds. The normalized spacial score (nSPS) is 14.6. The molecule has 1 aliphatic carbocycles. The Morgan fingerprint density at radius 3 is 2.59 bits per heavy atom. The van der Waals surface area contributed by atoms with Crippen LogP contribution in [-0.4, -0.2) is 11.9 Å². The minimum absolute atomic E-state index is 0.0874. The first-order valence-corrected chi connectivity index (χ1v) is 9.42. The molecule has 5 heteroatoms. The standard InChI is InChI=1S/C22H21ClN2O2/c23-19-11-9-16(10-12-19)15-27-21-8-4-1-5-17(21)13-18(14-24)22(26)25-20-6-2-3-7-20/h1,4-5,8-13,20H,2-3,6-7,15H2,(H,25,26). The Hall–Kier alpha value is -2.77. The van der Waals surface area contributed by atoms with Gasteiger partial charge in [0, 0.05) is 16.6 Å². The Bertz CT molecular complexity index is 863. The molecule has 0 saturated heterocycles. The quantitative estimate of drug-likeness (QED) is 0.573. The molecule has 0 bridgehead atoms. The van der Waals surface area contributed by atoms with E-state index < -0.39 is 0 Å². The molecule has 0 unspecified atom stereocenters. The summed E-state index contributed by atoms with van der Waals surface area (Å²) in [6.45, 7) is 0.373. The summed E-state index contributed by atoms with van der Waals surface area (Å²) < 4.78 is 5.89. The Labute approximate surface area is 164 Å². The molecule has 1 fully saturated rings. The van der Waals surface area contributed by atoms with Crippen LogP contribution in [0.25, 0.3) is 6.08 Å². The first-order valence-electron chi connectivity index (χ1n) is 9.04. The van der Waals surface area contributed by atoms with Crippen molar-refractivity contribution in [1.82, 2.24) is 5.32 Å². The number of nitriles is 1. The number of nitrogens with zero attached hydrogens (tertiary/aromatic N) is 1. The number of rotatable bonds is 6. The molecule has 2 aromatic carbocycles. The highest BCUT2D eigenvalue weighted by Crippen LogP contribution is 2.23. The zero-order valence-electron chi connectivity index (χ0n) is 15.0. The van der Waals surface area contributed by atoms with Crippen molar-refractivity contribution in [2.45, 2.75) is 38.3 Å². The van der Waals surface area contributed by atoms with Gasteiger partial charge in [0.1, 0.15) is 24.0 Å². The van der Waals surface area contributed by atoms with Crippen LogP contribution < -0.4 is 10.1 Å². The molecule has 1 saturated carbocycles. The summed E-state index contributed by atoms with van der Waals surface area (Å²) in [5, 5.41) is 13.0. The van der Waals surface area contributed by atoms with Gasteiger partial charge >= 0.3 is 0 Å². The fourth-order valence-corrected chi connectivity index (χ4v) is 3.24. The second-order valence-corrected chi connectivity index (χ2v) is 7.01. The zero-order valence-corrected chi connectivity index (χ0v) is 15.7. The predicted molar refractivity (Wildman–Crippen MR) is 106 cm³/mol. The average molecular weight is 381 g/mol. The second kappa shape index (κ2) is 9.25. The second-order valence-electron chi connectivity index (χ2n) is 6.58. The highest BCUT2D eigenvalue weighted by Gasteiger charge is 2.19. The largest absolute Gasteiger partial charge is 0.488 e. The monoisotopic (exact) mass is 380 g/mol. The van der Waals surface area contributed by atoms with Crippen molar-refractivity contribution in [3.8, 4) is 11.8 Å². The number of ether oxygens (including phenoxy) is 1. The van der Waals surface area contributed by atoms with Crippen LogP contribution in [-0.2, 0) is 11.4 Å². The van der Waals surface area contributed by atoms with Crippen molar-refractivity contribution in [2.75, 3.05) is 0 Å². The third kappa shape index (κ3) is 5.35. The van der Waals surface area contributed by atoms with Crippen LogP contribution in [0, 0.1) is 11.3 Å². The first kappa shape index (κ1) is 19.0. The van der Waals surface area contributed by atoms with Crippen molar-refractivity contribution in [3.05, 3.63) is 70.3 Å². The van der Waals surface area contributed by atoms with Gasteiger partial charge in [0.15, 0.2) is 0 Å². The van der Waals surface area contributed by atoms with Crippen molar-refractivity contribution in [1.29, 1.82) is 5.26 Å². The molecule has 2 aromatic rings. The number of carbonyl (C=O) groups excluding carboxylic acids is 1. The van der Waals surface area contributed by atoms with E-state index in [0.29, 0.717) is 22.9 Å². The number of para-hydroxylation sites is 1. The molecule has 0 aliphatic heterocycles. The van der Waals surface area contributed by atoms with Gasteiger partial charge in [-0.2, -0.15) is 5.26 Å². The first-order chi connectivity index (χ1) is 13.2. The zero-order chi connectivity index (χ0) is 19.1. The fraction of sp³-hybridized carbons (Fsp3) is 0.273. The van der Waals surface area contributed by atoms with Gasteiger partial charge in [-0.3, -0.25) is 4.79 Å². The van der Waals surface area contributed by atoms with Crippen LogP contribution in [0.4, 0.5) is 0 Å². The Balaban J connectivity index is 1.72. The van der Waals surface area contributed by atoms with Crippen molar-refractivity contribution in [2.24, 2.45) is 0 Å². The third-order valence-electron chi connectivity index (χ3n) is 4.58. The number of benzene rings is 2. The average Bonchev–Trinajstić information content (AvgIpc) is 3.19. The van der Waals surface area contributed by atoms with Crippen molar-refractivity contribution < 1.29 is 9.53 Å². The maximum atomic E-state index is 12.4.